The second kappa shape index (κ2) is 9.07. The number of ether oxygens (including phenoxy) is 2. The standard InChI is InChI=1S/C19H22F3NO5/c1-3-28-17(25)11-16(24)13-8-9-23(18(26)27-2)15(10-13)12-4-6-14(7-5-12)19(20,21)22/h4-7,13,15H,3,8-11H2,1-2H3/t13-,15+/m1/s1. The molecule has 1 saturated heterocycles. The van der Waals surface area contributed by atoms with Crippen molar-refractivity contribution in [2.75, 3.05) is 20.3 Å². The number of methoxy groups -OCH3 is 1. The molecule has 9 heteroatoms. The Morgan fingerprint density at radius 2 is 1.82 bits per heavy atom. The number of hydrogen-bond donors (Lipinski definition) is 0. The molecular weight excluding hydrogens is 379 g/mol. The Morgan fingerprint density at radius 3 is 2.36 bits per heavy atom. The summed E-state index contributed by atoms with van der Waals surface area (Å²) in [6.45, 7) is 2.00. The highest BCUT2D eigenvalue weighted by molar-refractivity contribution is 5.97. The van der Waals surface area contributed by atoms with Gasteiger partial charge in [-0.25, -0.2) is 4.79 Å². The largest absolute Gasteiger partial charge is 0.466 e. The van der Waals surface area contributed by atoms with E-state index in [2.05, 4.69) is 0 Å². The highest BCUT2D eigenvalue weighted by Gasteiger charge is 2.37. The Hall–Kier alpha value is -2.58. The molecule has 1 amide bonds. The molecular formula is C19H22F3NO5. The van der Waals surface area contributed by atoms with Crippen molar-refractivity contribution in [1.29, 1.82) is 0 Å². The summed E-state index contributed by atoms with van der Waals surface area (Å²) in [5.74, 6) is -1.42. The van der Waals surface area contributed by atoms with Crippen molar-refractivity contribution in [3.63, 3.8) is 0 Å². The Morgan fingerprint density at radius 1 is 1.18 bits per heavy atom. The van der Waals surface area contributed by atoms with Gasteiger partial charge in [-0.2, -0.15) is 13.2 Å². The lowest BCUT2D eigenvalue weighted by Crippen LogP contribution is -2.43. The van der Waals surface area contributed by atoms with E-state index >= 15 is 0 Å². The van der Waals surface area contributed by atoms with Crippen molar-refractivity contribution in [1.82, 2.24) is 4.90 Å². The van der Waals surface area contributed by atoms with Crippen LogP contribution in [0.2, 0.25) is 0 Å². The molecule has 2 atom stereocenters. The van der Waals surface area contributed by atoms with Gasteiger partial charge in [0, 0.05) is 12.5 Å². The summed E-state index contributed by atoms with van der Waals surface area (Å²) in [7, 11) is 1.21. The second-order valence-corrected chi connectivity index (χ2v) is 6.47. The lowest BCUT2D eigenvalue weighted by atomic mass is 9.83. The van der Waals surface area contributed by atoms with Crippen molar-refractivity contribution < 1.29 is 37.0 Å². The second-order valence-electron chi connectivity index (χ2n) is 6.47. The van der Waals surface area contributed by atoms with E-state index < -0.39 is 35.8 Å². The number of likely N-dealkylation sites (tertiary alicyclic amines) is 1. The van der Waals surface area contributed by atoms with Gasteiger partial charge in [-0.05, 0) is 37.5 Å². The molecule has 0 N–H and O–H groups in total. The first kappa shape index (κ1) is 21.7. The summed E-state index contributed by atoms with van der Waals surface area (Å²) in [6.07, 6.45) is -4.92. The lowest BCUT2D eigenvalue weighted by Gasteiger charge is -2.38. The third kappa shape index (κ3) is 5.24. The fourth-order valence-corrected chi connectivity index (χ4v) is 3.30. The predicted molar refractivity (Wildman–Crippen MR) is 92.3 cm³/mol. The summed E-state index contributed by atoms with van der Waals surface area (Å²) in [5.41, 5.74) is -0.335. The van der Waals surface area contributed by atoms with Gasteiger partial charge in [-0.1, -0.05) is 12.1 Å². The topological polar surface area (TPSA) is 72.9 Å². The van der Waals surface area contributed by atoms with Crippen LogP contribution in [0.1, 0.15) is 43.4 Å². The highest BCUT2D eigenvalue weighted by atomic mass is 19.4. The van der Waals surface area contributed by atoms with Gasteiger partial charge in [0.05, 0.1) is 25.3 Å². The minimum atomic E-state index is -4.47. The maximum absolute atomic E-state index is 12.8. The molecule has 0 unspecified atom stereocenters. The molecule has 154 valence electrons. The van der Waals surface area contributed by atoms with Crippen LogP contribution < -0.4 is 0 Å². The number of piperidine rings is 1. The van der Waals surface area contributed by atoms with Crippen LogP contribution in [0.3, 0.4) is 0 Å². The molecule has 1 fully saturated rings. The van der Waals surface area contributed by atoms with Crippen LogP contribution in [0.5, 0.6) is 0 Å². The average Bonchev–Trinajstić information content (AvgIpc) is 2.66. The molecule has 1 aromatic carbocycles. The SMILES string of the molecule is CCOC(=O)CC(=O)[C@@H]1CCN(C(=O)OC)[C@H](c2ccc(C(F)(F)F)cc2)C1. The number of alkyl halides is 3. The molecule has 1 aliphatic rings. The normalized spacial score (nSPS) is 19.8. The molecule has 1 aromatic rings. The van der Waals surface area contributed by atoms with Crippen molar-refractivity contribution in [2.24, 2.45) is 5.92 Å². The maximum atomic E-state index is 12.8. The van der Waals surface area contributed by atoms with Crippen LogP contribution in [0.4, 0.5) is 18.0 Å². The highest BCUT2D eigenvalue weighted by Crippen LogP contribution is 2.37. The van der Waals surface area contributed by atoms with Gasteiger partial charge in [0.25, 0.3) is 0 Å². The first-order valence-corrected chi connectivity index (χ1v) is 8.87. The van der Waals surface area contributed by atoms with Crippen LogP contribution >= 0.6 is 0 Å². The molecule has 1 heterocycles. The molecule has 2 rings (SSSR count). The zero-order valence-corrected chi connectivity index (χ0v) is 15.6. The Balaban J connectivity index is 2.21. The Kier molecular flexibility index (Phi) is 7.04. The molecule has 0 spiro atoms. The summed E-state index contributed by atoms with van der Waals surface area (Å²) >= 11 is 0. The minimum absolute atomic E-state index is 0.168. The molecule has 0 aromatic heterocycles. The van der Waals surface area contributed by atoms with Gasteiger partial charge in [0.2, 0.25) is 0 Å². The van der Waals surface area contributed by atoms with Gasteiger partial charge >= 0.3 is 18.2 Å². The lowest BCUT2D eigenvalue weighted by molar-refractivity contribution is -0.146. The fraction of sp³-hybridized carbons (Fsp3) is 0.526. The smallest absolute Gasteiger partial charge is 0.416 e. The third-order valence-corrected chi connectivity index (χ3v) is 4.71. The first-order valence-electron chi connectivity index (χ1n) is 8.87. The van der Waals surface area contributed by atoms with Crippen molar-refractivity contribution >= 4 is 17.8 Å². The summed E-state index contributed by atoms with van der Waals surface area (Å²) in [6, 6.07) is 3.84. The van der Waals surface area contributed by atoms with Gasteiger partial charge < -0.3 is 14.4 Å². The number of hydrogen-bond acceptors (Lipinski definition) is 5. The molecule has 0 saturated carbocycles. The van der Waals surface area contributed by atoms with E-state index in [0.717, 1.165) is 12.1 Å². The van der Waals surface area contributed by atoms with Crippen LogP contribution in [0, 0.1) is 5.92 Å². The van der Waals surface area contributed by atoms with E-state index in [1.807, 2.05) is 0 Å². The van der Waals surface area contributed by atoms with E-state index in [1.54, 1.807) is 6.92 Å². The number of carbonyl (C=O) groups is 3. The average molecular weight is 401 g/mol. The maximum Gasteiger partial charge on any atom is 0.416 e. The zero-order valence-electron chi connectivity index (χ0n) is 15.6. The predicted octanol–water partition coefficient (Wildman–Crippen LogP) is 3.75. The Bertz CT molecular complexity index is 717. The van der Waals surface area contributed by atoms with E-state index in [-0.39, 0.29) is 31.8 Å². The number of carbonyl (C=O) groups excluding carboxylic acids is 3. The van der Waals surface area contributed by atoms with Gasteiger partial charge in [-0.15, -0.1) is 0 Å². The van der Waals surface area contributed by atoms with E-state index in [4.69, 9.17) is 9.47 Å². The number of ketones is 1. The molecule has 6 nitrogen and oxygen atoms in total. The number of nitrogens with zero attached hydrogens (tertiary/aromatic N) is 1. The molecule has 0 radical (unpaired) electrons. The number of halogens is 3. The van der Waals surface area contributed by atoms with Crippen LogP contribution in [-0.2, 0) is 25.2 Å². The summed E-state index contributed by atoms with van der Waals surface area (Å²) < 4.78 is 47.9. The number of amides is 1. The number of esters is 1. The number of Topliss-reactive ketones (excluding diaryl/α,β-unsaturated/α-hetero) is 1. The molecule has 1 aliphatic heterocycles. The van der Waals surface area contributed by atoms with Gasteiger partial charge in [0.1, 0.15) is 12.2 Å². The van der Waals surface area contributed by atoms with Crippen molar-refractivity contribution in [2.45, 2.75) is 38.4 Å². The van der Waals surface area contributed by atoms with Crippen molar-refractivity contribution in [3.8, 4) is 0 Å². The number of benzene rings is 1. The fourth-order valence-electron chi connectivity index (χ4n) is 3.30. The van der Waals surface area contributed by atoms with Crippen molar-refractivity contribution in [3.05, 3.63) is 35.4 Å². The monoisotopic (exact) mass is 401 g/mol. The van der Waals surface area contributed by atoms with Crippen LogP contribution in [0.15, 0.2) is 24.3 Å². The summed E-state index contributed by atoms with van der Waals surface area (Å²) in [4.78, 5) is 37.4. The van der Waals surface area contributed by atoms with Crippen LogP contribution in [0.25, 0.3) is 0 Å². The quantitative estimate of drug-likeness (QED) is 0.555. The van der Waals surface area contributed by atoms with Gasteiger partial charge in [0.15, 0.2) is 0 Å². The van der Waals surface area contributed by atoms with E-state index in [1.165, 1.54) is 24.1 Å². The summed E-state index contributed by atoms with van der Waals surface area (Å²) in [5, 5.41) is 0. The number of rotatable bonds is 5. The minimum Gasteiger partial charge on any atom is -0.466 e. The third-order valence-electron chi connectivity index (χ3n) is 4.71. The van der Waals surface area contributed by atoms with E-state index in [0.29, 0.717) is 12.0 Å². The zero-order chi connectivity index (χ0) is 20.9. The van der Waals surface area contributed by atoms with E-state index in [9.17, 15) is 27.6 Å². The Labute approximate surface area is 160 Å². The molecule has 0 bridgehead atoms. The van der Waals surface area contributed by atoms with Gasteiger partial charge in [-0.3, -0.25) is 9.59 Å². The van der Waals surface area contributed by atoms with Crippen LogP contribution in [-0.4, -0.2) is 43.0 Å². The molecule has 28 heavy (non-hydrogen) atoms. The molecule has 0 aliphatic carbocycles. The first-order chi connectivity index (χ1) is 13.2.